The van der Waals surface area contributed by atoms with Crippen molar-refractivity contribution in [3.63, 3.8) is 0 Å². The molecule has 3 heteroatoms. The molecule has 2 atom stereocenters. The molecule has 0 radical (unpaired) electrons. The van der Waals surface area contributed by atoms with Crippen molar-refractivity contribution in [3.8, 4) is 0 Å². The van der Waals surface area contributed by atoms with Crippen molar-refractivity contribution >= 4 is 5.91 Å². The average Bonchev–Trinajstić information content (AvgIpc) is 2.38. The molecule has 20 heavy (non-hydrogen) atoms. The van der Waals surface area contributed by atoms with Crippen molar-refractivity contribution in [2.24, 2.45) is 0 Å². The van der Waals surface area contributed by atoms with Crippen molar-refractivity contribution in [1.82, 2.24) is 5.32 Å². The number of ether oxygens (including phenoxy) is 1. The standard InChI is InChI=1S/C17H25NO2/c1-13(14-8-5-4-6-9-14)18-16(19)12-15-10-7-11-17(2,3)20-15/h4-6,8-9,13,15H,7,10-12H2,1-3H3,(H,18,19)/t13-,15+/m0/s1. The summed E-state index contributed by atoms with van der Waals surface area (Å²) in [4.78, 5) is 12.1. The van der Waals surface area contributed by atoms with Crippen LogP contribution < -0.4 is 5.32 Å². The summed E-state index contributed by atoms with van der Waals surface area (Å²) in [5, 5.41) is 3.05. The van der Waals surface area contributed by atoms with Crippen molar-refractivity contribution in [2.45, 2.75) is 64.2 Å². The number of carbonyl (C=O) groups is 1. The Hall–Kier alpha value is -1.35. The van der Waals surface area contributed by atoms with Crippen LogP contribution in [0.5, 0.6) is 0 Å². The first-order chi connectivity index (χ1) is 9.46. The molecule has 0 saturated carbocycles. The maximum atomic E-state index is 12.1. The first-order valence-electron chi connectivity index (χ1n) is 7.48. The van der Waals surface area contributed by atoms with Gasteiger partial charge in [0.05, 0.1) is 24.2 Å². The van der Waals surface area contributed by atoms with E-state index in [9.17, 15) is 4.79 Å². The van der Waals surface area contributed by atoms with Crippen LogP contribution in [0.25, 0.3) is 0 Å². The fourth-order valence-corrected chi connectivity index (χ4v) is 2.80. The van der Waals surface area contributed by atoms with Gasteiger partial charge < -0.3 is 10.1 Å². The summed E-state index contributed by atoms with van der Waals surface area (Å²) in [6.07, 6.45) is 3.71. The van der Waals surface area contributed by atoms with Crippen molar-refractivity contribution < 1.29 is 9.53 Å². The van der Waals surface area contributed by atoms with Crippen LogP contribution >= 0.6 is 0 Å². The van der Waals surface area contributed by atoms with E-state index in [2.05, 4.69) is 19.2 Å². The molecule has 2 rings (SSSR count). The molecule has 1 aromatic rings. The zero-order chi connectivity index (χ0) is 14.6. The third-order valence-corrected chi connectivity index (χ3v) is 3.88. The fraction of sp³-hybridized carbons (Fsp3) is 0.588. The molecule has 0 bridgehead atoms. The Balaban J connectivity index is 1.83. The largest absolute Gasteiger partial charge is 0.372 e. The van der Waals surface area contributed by atoms with Gasteiger partial charge in [0.2, 0.25) is 5.91 Å². The molecule has 0 unspecified atom stereocenters. The minimum atomic E-state index is -0.0890. The molecule has 3 nitrogen and oxygen atoms in total. The van der Waals surface area contributed by atoms with Crippen LogP contribution in [-0.2, 0) is 9.53 Å². The van der Waals surface area contributed by atoms with E-state index in [0.717, 1.165) is 24.8 Å². The van der Waals surface area contributed by atoms with E-state index in [1.165, 1.54) is 0 Å². The molecule has 1 aliphatic rings. The molecule has 110 valence electrons. The lowest BCUT2D eigenvalue weighted by Gasteiger charge is -2.36. The molecular formula is C17H25NO2. The van der Waals surface area contributed by atoms with Gasteiger partial charge in [-0.2, -0.15) is 0 Å². The fourth-order valence-electron chi connectivity index (χ4n) is 2.80. The van der Waals surface area contributed by atoms with Gasteiger partial charge in [-0.3, -0.25) is 4.79 Å². The summed E-state index contributed by atoms with van der Waals surface area (Å²) in [5.41, 5.74) is 1.04. The van der Waals surface area contributed by atoms with E-state index >= 15 is 0 Å². The predicted octanol–water partition coefficient (Wildman–Crippen LogP) is 3.60. The maximum Gasteiger partial charge on any atom is 0.223 e. The van der Waals surface area contributed by atoms with Crippen LogP contribution in [0.3, 0.4) is 0 Å². The quantitative estimate of drug-likeness (QED) is 0.911. The number of carbonyl (C=O) groups excluding carboxylic acids is 1. The Morgan fingerprint density at radius 1 is 1.40 bits per heavy atom. The van der Waals surface area contributed by atoms with E-state index in [1.807, 2.05) is 37.3 Å². The summed E-state index contributed by atoms with van der Waals surface area (Å²) in [7, 11) is 0. The Kier molecular flexibility index (Phi) is 4.81. The van der Waals surface area contributed by atoms with Gasteiger partial charge in [0.15, 0.2) is 0 Å². The third kappa shape index (κ3) is 4.34. The molecule has 0 aromatic heterocycles. The summed E-state index contributed by atoms with van der Waals surface area (Å²) in [6.45, 7) is 6.21. The number of rotatable bonds is 4. The topological polar surface area (TPSA) is 38.3 Å². The van der Waals surface area contributed by atoms with Gasteiger partial charge in [0.25, 0.3) is 0 Å². The van der Waals surface area contributed by atoms with E-state index in [1.54, 1.807) is 0 Å². The van der Waals surface area contributed by atoms with E-state index in [0.29, 0.717) is 6.42 Å². The lowest BCUT2D eigenvalue weighted by atomic mass is 9.94. The van der Waals surface area contributed by atoms with Gasteiger partial charge in [0.1, 0.15) is 0 Å². The monoisotopic (exact) mass is 275 g/mol. The Bertz CT molecular complexity index is 442. The molecule has 1 heterocycles. The van der Waals surface area contributed by atoms with Crippen molar-refractivity contribution in [2.75, 3.05) is 0 Å². The Morgan fingerprint density at radius 2 is 2.10 bits per heavy atom. The Morgan fingerprint density at radius 3 is 2.75 bits per heavy atom. The van der Waals surface area contributed by atoms with Crippen LogP contribution in [0, 0.1) is 0 Å². The van der Waals surface area contributed by atoms with Crippen LogP contribution in [0.15, 0.2) is 30.3 Å². The summed E-state index contributed by atoms with van der Waals surface area (Å²) >= 11 is 0. The minimum absolute atomic E-state index is 0.0419. The lowest BCUT2D eigenvalue weighted by Crippen LogP contribution is -2.38. The van der Waals surface area contributed by atoms with Gasteiger partial charge >= 0.3 is 0 Å². The van der Waals surface area contributed by atoms with Crippen LogP contribution in [0.4, 0.5) is 0 Å². The Labute approximate surface area is 121 Å². The highest BCUT2D eigenvalue weighted by molar-refractivity contribution is 5.76. The van der Waals surface area contributed by atoms with Gasteiger partial charge in [-0.1, -0.05) is 30.3 Å². The van der Waals surface area contributed by atoms with Gasteiger partial charge in [-0.25, -0.2) is 0 Å². The maximum absolute atomic E-state index is 12.1. The second-order valence-corrected chi connectivity index (χ2v) is 6.30. The molecule has 1 aromatic carbocycles. The number of nitrogens with one attached hydrogen (secondary N) is 1. The van der Waals surface area contributed by atoms with Gasteiger partial charge in [-0.15, -0.1) is 0 Å². The second-order valence-electron chi connectivity index (χ2n) is 6.30. The third-order valence-electron chi connectivity index (χ3n) is 3.88. The number of hydrogen-bond donors (Lipinski definition) is 1. The van der Waals surface area contributed by atoms with Crippen molar-refractivity contribution in [3.05, 3.63) is 35.9 Å². The average molecular weight is 275 g/mol. The zero-order valence-electron chi connectivity index (χ0n) is 12.7. The molecular weight excluding hydrogens is 250 g/mol. The highest BCUT2D eigenvalue weighted by Crippen LogP contribution is 2.29. The summed E-state index contributed by atoms with van der Waals surface area (Å²) in [6, 6.07) is 10.1. The predicted molar refractivity (Wildman–Crippen MR) is 80.4 cm³/mol. The van der Waals surface area contributed by atoms with Crippen LogP contribution in [0.2, 0.25) is 0 Å². The van der Waals surface area contributed by atoms with E-state index in [4.69, 9.17) is 4.74 Å². The smallest absolute Gasteiger partial charge is 0.223 e. The number of hydrogen-bond acceptors (Lipinski definition) is 2. The number of amides is 1. The number of benzene rings is 1. The van der Waals surface area contributed by atoms with E-state index in [-0.39, 0.29) is 23.7 Å². The van der Waals surface area contributed by atoms with Gasteiger partial charge in [-0.05, 0) is 45.6 Å². The first kappa shape index (κ1) is 15.0. The van der Waals surface area contributed by atoms with Crippen molar-refractivity contribution in [1.29, 1.82) is 0 Å². The van der Waals surface area contributed by atoms with Crippen LogP contribution in [0.1, 0.15) is 58.1 Å². The van der Waals surface area contributed by atoms with Gasteiger partial charge in [0, 0.05) is 0 Å². The lowest BCUT2D eigenvalue weighted by molar-refractivity contribution is -0.135. The zero-order valence-corrected chi connectivity index (χ0v) is 12.7. The molecule has 0 spiro atoms. The normalized spacial score (nSPS) is 23.1. The summed E-state index contributed by atoms with van der Waals surface area (Å²) in [5.74, 6) is 0.0732. The minimum Gasteiger partial charge on any atom is -0.372 e. The highest BCUT2D eigenvalue weighted by atomic mass is 16.5. The molecule has 0 aliphatic carbocycles. The first-order valence-corrected chi connectivity index (χ1v) is 7.48. The molecule has 1 aliphatic heterocycles. The second kappa shape index (κ2) is 6.40. The SMILES string of the molecule is C[C@H](NC(=O)C[C@H]1CCCC(C)(C)O1)c1ccccc1. The highest BCUT2D eigenvalue weighted by Gasteiger charge is 2.29. The molecule has 1 fully saturated rings. The summed E-state index contributed by atoms with van der Waals surface area (Å²) < 4.78 is 5.97. The molecule has 1 amide bonds. The van der Waals surface area contributed by atoms with Crippen LogP contribution in [-0.4, -0.2) is 17.6 Å². The molecule has 1 N–H and O–H groups in total. The molecule has 1 saturated heterocycles. The van der Waals surface area contributed by atoms with E-state index < -0.39 is 0 Å².